The number of likely N-dealkylation sites (tertiary alicyclic amines) is 1. The second-order valence-corrected chi connectivity index (χ2v) is 3.07. The Hall–Kier alpha value is -0.980. The minimum absolute atomic E-state index is 0.220. The molecular weight excluding hydrogens is 188 g/mol. The number of rotatable bonds is 4. The monoisotopic (exact) mass is 202 g/mol. The van der Waals surface area contributed by atoms with Crippen molar-refractivity contribution >= 4 is 12.3 Å². The molecule has 1 heterocycles. The molecule has 0 spiro atoms. The van der Waals surface area contributed by atoms with Crippen molar-refractivity contribution < 1.29 is 19.1 Å². The average molecular weight is 202 g/mol. The highest BCUT2D eigenvalue weighted by Gasteiger charge is 2.55. The lowest BCUT2D eigenvalue weighted by molar-refractivity contribution is -0.219. The van der Waals surface area contributed by atoms with Gasteiger partial charge in [-0.2, -0.15) is 0 Å². The Labute approximate surface area is 81.9 Å². The molecule has 80 valence electrons. The Kier molecular flexibility index (Phi) is 3.20. The minimum atomic E-state index is -1.39. The molecule has 6 heteroatoms. The van der Waals surface area contributed by atoms with E-state index in [4.69, 9.17) is 15.2 Å². The molecule has 1 unspecified atom stereocenters. The number of ether oxygens (including phenoxy) is 2. The van der Waals surface area contributed by atoms with E-state index in [2.05, 4.69) is 0 Å². The molecule has 0 aromatic rings. The van der Waals surface area contributed by atoms with E-state index in [0.29, 0.717) is 6.41 Å². The normalized spacial score (nSPS) is 25.5. The van der Waals surface area contributed by atoms with Gasteiger partial charge in [0, 0.05) is 27.3 Å². The quantitative estimate of drug-likeness (QED) is 0.445. The lowest BCUT2D eigenvalue weighted by Gasteiger charge is -2.28. The summed E-state index contributed by atoms with van der Waals surface area (Å²) in [6.07, 6.45) is 0.463. The summed E-state index contributed by atoms with van der Waals surface area (Å²) in [6.45, 7) is 0.457. The molecule has 0 saturated carbocycles. The van der Waals surface area contributed by atoms with Crippen LogP contribution in [-0.2, 0) is 19.1 Å². The van der Waals surface area contributed by atoms with Crippen molar-refractivity contribution in [1.29, 1.82) is 0 Å². The van der Waals surface area contributed by atoms with Crippen molar-refractivity contribution in [2.75, 3.05) is 27.3 Å². The Morgan fingerprint density at radius 2 is 2.21 bits per heavy atom. The highest BCUT2D eigenvalue weighted by Crippen LogP contribution is 2.31. The van der Waals surface area contributed by atoms with E-state index in [1.807, 2.05) is 0 Å². The number of nitrogens with zero attached hydrogens (tertiary/aromatic N) is 1. The van der Waals surface area contributed by atoms with Crippen molar-refractivity contribution in [3.63, 3.8) is 0 Å². The van der Waals surface area contributed by atoms with Gasteiger partial charge in [-0.1, -0.05) is 0 Å². The summed E-state index contributed by atoms with van der Waals surface area (Å²) in [6, 6.07) is 0. The largest absolute Gasteiger partial charge is 0.345 e. The molecule has 1 aliphatic heterocycles. The number of hydrogen-bond acceptors (Lipinski definition) is 5. The molecule has 2 amide bonds. The predicted molar refractivity (Wildman–Crippen MR) is 47.1 cm³/mol. The molecule has 6 nitrogen and oxygen atoms in total. The van der Waals surface area contributed by atoms with Gasteiger partial charge in [-0.3, -0.25) is 14.5 Å². The summed E-state index contributed by atoms with van der Waals surface area (Å²) in [5, 5.41) is 0. The van der Waals surface area contributed by atoms with E-state index >= 15 is 0 Å². The second-order valence-electron chi connectivity index (χ2n) is 3.07. The van der Waals surface area contributed by atoms with Crippen LogP contribution in [0, 0.1) is 5.92 Å². The van der Waals surface area contributed by atoms with Crippen LogP contribution in [-0.4, -0.2) is 50.3 Å². The number of carbonyl (C=O) groups is 2. The van der Waals surface area contributed by atoms with E-state index < -0.39 is 11.7 Å². The van der Waals surface area contributed by atoms with E-state index in [-0.39, 0.29) is 19.0 Å². The molecule has 0 aromatic carbocycles. The minimum Gasteiger partial charge on any atom is -0.345 e. The lowest BCUT2D eigenvalue weighted by Crippen LogP contribution is -2.48. The van der Waals surface area contributed by atoms with Crippen LogP contribution >= 0.6 is 0 Å². The zero-order valence-corrected chi connectivity index (χ0v) is 8.23. The maximum absolute atomic E-state index is 11.7. The molecule has 1 atom stereocenters. The third-order valence-corrected chi connectivity index (χ3v) is 2.53. The zero-order valence-electron chi connectivity index (χ0n) is 8.23. The molecule has 1 saturated heterocycles. The predicted octanol–water partition coefficient (Wildman–Crippen LogP) is -1.45. The lowest BCUT2D eigenvalue weighted by atomic mass is 10.0. The van der Waals surface area contributed by atoms with E-state index in [1.54, 1.807) is 0 Å². The van der Waals surface area contributed by atoms with Crippen LogP contribution in [0.2, 0.25) is 0 Å². The van der Waals surface area contributed by atoms with Crippen LogP contribution in [0.3, 0.4) is 0 Å². The fourth-order valence-electron chi connectivity index (χ4n) is 1.73. The van der Waals surface area contributed by atoms with Gasteiger partial charge in [-0.25, -0.2) is 0 Å². The number of nitrogens with two attached hydrogens (primary N) is 1. The first-order valence-corrected chi connectivity index (χ1v) is 4.23. The number of amides is 2. The van der Waals surface area contributed by atoms with Crippen LogP contribution in [0.5, 0.6) is 0 Å². The highest BCUT2D eigenvalue weighted by atomic mass is 16.7. The smallest absolute Gasteiger partial charge is 0.289 e. The van der Waals surface area contributed by atoms with Crippen molar-refractivity contribution in [2.24, 2.45) is 11.7 Å². The molecule has 0 radical (unpaired) electrons. The zero-order chi connectivity index (χ0) is 10.8. The van der Waals surface area contributed by atoms with Crippen molar-refractivity contribution in [3.05, 3.63) is 0 Å². The van der Waals surface area contributed by atoms with Gasteiger partial charge in [-0.05, 0) is 0 Å². The summed E-state index contributed by atoms with van der Waals surface area (Å²) >= 11 is 0. The van der Waals surface area contributed by atoms with Gasteiger partial charge in [-0.15, -0.1) is 0 Å². The molecule has 14 heavy (non-hydrogen) atoms. The first-order chi connectivity index (χ1) is 6.66. The highest BCUT2D eigenvalue weighted by molar-refractivity contribution is 5.94. The topological polar surface area (TPSA) is 81.9 Å². The summed E-state index contributed by atoms with van der Waals surface area (Å²) < 4.78 is 10.1. The molecule has 1 aliphatic rings. The van der Waals surface area contributed by atoms with Crippen molar-refractivity contribution in [3.8, 4) is 0 Å². The Bertz CT molecular complexity index is 239. The van der Waals surface area contributed by atoms with Gasteiger partial charge in [0.15, 0.2) is 0 Å². The summed E-state index contributed by atoms with van der Waals surface area (Å²) in [5.41, 5.74) is 5.48. The Morgan fingerprint density at radius 1 is 1.64 bits per heavy atom. The molecular formula is C8H14N2O4. The molecule has 1 fully saturated rings. The summed E-state index contributed by atoms with van der Waals surface area (Å²) in [4.78, 5) is 23.2. The third kappa shape index (κ3) is 1.31. The maximum Gasteiger partial charge on any atom is 0.289 e. The second kappa shape index (κ2) is 4.04. The Balaban J connectivity index is 3.00. The van der Waals surface area contributed by atoms with Gasteiger partial charge in [0.05, 0.1) is 5.92 Å². The van der Waals surface area contributed by atoms with Gasteiger partial charge >= 0.3 is 0 Å². The molecule has 0 aromatic heterocycles. The summed E-state index contributed by atoms with van der Waals surface area (Å²) in [5.74, 6) is -2.21. The van der Waals surface area contributed by atoms with Crippen molar-refractivity contribution in [2.45, 2.75) is 5.79 Å². The fourth-order valence-corrected chi connectivity index (χ4v) is 1.73. The molecule has 2 N–H and O–H groups in total. The van der Waals surface area contributed by atoms with Gasteiger partial charge in [0.25, 0.3) is 11.7 Å². The molecule has 1 rings (SSSR count). The van der Waals surface area contributed by atoms with E-state index in [9.17, 15) is 9.59 Å². The number of methoxy groups -OCH3 is 2. The van der Waals surface area contributed by atoms with Gasteiger partial charge < -0.3 is 15.2 Å². The molecule has 0 bridgehead atoms. The standard InChI is InChI=1S/C8H14N2O4/c1-13-8(14-2)6(3-9)4-10(5-11)7(8)12/h5-6H,3-4,9H2,1-2H3. The number of imide groups is 1. The van der Waals surface area contributed by atoms with E-state index in [0.717, 1.165) is 4.90 Å². The van der Waals surface area contributed by atoms with Crippen LogP contribution in [0.4, 0.5) is 0 Å². The first kappa shape index (κ1) is 11.1. The number of carbonyl (C=O) groups excluding carboxylic acids is 2. The van der Waals surface area contributed by atoms with Crippen molar-refractivity contribution in [1.82, 2.24) is 4.90 Å². The fraction of sp³-hybridized carbons (Fsp3) is 0.750. The van der Waals surface area contributed by atoms with E-state index in [1.165, 1.54) is 14.2 Å². The number of hydrogen-bond donors (Lipinski definition) is 1. The van der Waals surface area contributed by atoms with Crippen LogP contribution in [0.1, 0.15) is 0 Å². The van der Waals surface area contributed by atoms with Crippen LogP contribution in [0.25, 0.3) is 0 Å². The average Bonchev–Trinajstić information content (AvgIpc) is 2.51. The Morgan fingerprint density at radius 3 is 2.50 bits per heavy atom. The van der Waals surface area contributed by atoms with Crippen LogP contribution in [0.15, 0.2) is 0 Å². The van der Waals surface area contributed by atoms with Gasteiger partial charge in [0.2, 0.25) is 6.41 Å². The summed E-state index contributed by atoms with van der Waals surface area (Å²) in [7, 11) is 2.72. The van der Waals surface area contributed by atoms with Gasteiger partial charge in [0.1, 0.15) is 0 Å². The SMILES string of the molecule is COC1(OC)C(=O)N(C=O)CC1CN. The van der Waals surface area contributed by atoms with Crippen LogP contribution < -0.4 is 5.73 Å². The maximum atomic E-state index is 11.7. The molecule has 0 aliphatic carbocycles. The first-order valence-electron chi connectivity index (χ1n) is 4.23. The third-order valence-electron chi connectivity index (χ3n) is 2.53.